The number of halogens is 1. The number of aromatic nitrogens is 1. The molecule has 4 heteroatoms. The number of hydrogen-bond donors (Lipinski definition) is 1. The molecule has 0 aliphatic heterocycles. The Morgan fingerprint density at radius 1 is 0.897 bits per heavy atom. The van der Waals surface area contributed by atoms with Gasteiger partial charge >= 0.3 is 0 Å². The molecule has 3 aromatic carbocycles. The van der Waals surface area contributed by atoms with Gasteiger partial charge in [-0.2, -0.15) is 0 Å². The third kappa shape index (κ3) is 3.87. The molecule has 1 N–H and O–H groups in total. The Labute approximate surface area is 175 Å². The van der Waals surface area contributed by atoms with Crippen LogP contribution in [0.15, 0.2) is 66.7 Å². The predicted octanol–water partition coefficient (Wildman–Crippen LogP) is 6.73. The Balaban J connectivity index is 1.84. The van der Waals surface area contributed by atoms with E-state index in [1.54, 1.807) is 6.07 Å². The molecule has 29 heavy (non-hydrogen) atoms. The molecule has 0 spiro atoms. The lowest BCUT2D eigenvalue weighted by atomic mass is 9.99. The van der Waals surface area contributed by atoms with Crippen molar-refractivity contribution >= 4 is 34.1 Å². The molecule has 0 saturated heterocycles. The van der Waals surface area contributed by atoms with Gasteiger partial charge in [0.25, 0.3) is 5.91 Å². The Morgan fingerprint density at radius 3 is 2.48 bits per heavy atom. The van der Waals surface area contributed by atoms with Gasteiger partial charge in [0.1, 0.15) is 0 Å². The van der Waals surface area contributed by atoms with Crippen LogP contribution in [0.1, 0.15) is 27.0 Å². The monoisotopic (exact) mass is 400 g/mol. The molecule has 0 aliphatic rings. The molecule has 0 atom stereocenters. The zero-order valence-electron chi connectivity index (χ0n) is 16.6. The summed E-state index contributed by atoms with van der Waals surface area (Å²) in [6.07, 6.45) is 0. The second-order valence-corrected chi connectivity index (χ2v) is 7.74. The highest BCUT2D eigenvalue weighted by molar-refractivity contribution is 6.31. The normalized spacial score (nSPS) is 10.9. The maximum Gasteiger partial charge on any atom is 0.256 e. The molecular weight excluding hydrogens is 380 g/mol. The van der Waals surface area contributed by atoms with Gasteiger partial charge in [-0.05, 0) is 56.2 Å². The minimum Gasteiger partial charge on any atom is -0.322 e. The van der Waals surface area contributed by atoms with E-state index in [9.17, 15) is 4.79 Å². The number of nitrogens with one attached hydrogen (secondary N) is 1. The number of rotatable bonds is 3. The van der Waals surface area contributed by atoms with Gasteiger partial charge in [0.15, 0.2) is 0 Å². The van der Waals surface area contributed by atoms with Crippen LogP contribution >= 0.6 is 11.6 Å². The van der Waals surface area contributed by atoms with Crippen molar-refractivity contribution in [3.63, 3.8) is 0 Å². The van der Waals surface area contributed by atoms with Crippen LogP contribution < -0.4 is 5.32 Å². The molecule has 1 amide bonds. The summed E-state index contributed by atoms with van der Waals surface area (Å²) in [6, 6.07) is 21.3. The van der Waals surface area contributed by atoms with Crippen molar-refractivity contribution in [1.29, 1.82) is 0 Å². The standard InChI is InChI=1S/C25H21ClN2O/c1-15-8-11-19(17(3)12-15)24-14-21(20-6-4-5-7-22(20)27-24)25(29)28-23-13-18(26)10-9-16(23)2/h4-14H,1-3H3,(H,28,29). The predicted molar refractivity (Wildman–Crippen MR) is 121 cm³/mol. The SMILES string of the molecule is Cc1ccc(-c2cc(C(=O)Nc3cc(Cl)ccc3C)c3ccccc3n2)c(C)c1. The number of carbonyl (C=O) groups is 1. The molecule has 0 bridgehead atoms. The summed E-state index contributed by atoms with van der Waals surface area (Å²) in [6.45, 7) is 6.07. The van der Waals surface area contributed by atoms with Crippen LogP contribution in [0.4, 0.5) is 5.69 Å². The fraction of sp³-hybridized carbons (Fsp3) is 0.120. The van der Waals surface area contributed by atoms with Gasteiger partial charge in [-0.25, -0.2) is 4.98 Å². The molecule has 0 unspecified atom stereocenters. The summed E-state index contributed by atoms with van der Waals surface area (Å²) in [4.78, 5) is 18.0. The summed E-state index contributed by atoms with van der Waals surface area (Å²) in [5.41, 5.74) is 7.17. The minimum atomic E-state index is -0.181. The summed E-state index contributed by atoms with van der Waals surface area (Å²) in [5.74, 6) is -0.181. The van der Waals surface area contributed by atoms with Crippen molar-refractivity contribution in [1.82, 2.24) is 4.98 Å². The molecule has 0 aliphatic carbocycles. The average molecular weight is 401 g/mol. The van der Waals surface area contributed by atoms with Gasteiger partial charge in [-0.1, -0.05) is 59.6 Å². The van der Waals surface area contributed by atoms with Crippen LogP contribution in [0.25, 0.3) is 22.2 Å². The molecular formula is C25H21ClN2O. The van der Waals surface area contributed by atoms with Crippen molar-refractivity contribution in [2.45, 2.75) is 20.8 Å². The number of aryl methyl sites for hydroxylation is 3. The van der Waals surface area contributed by atoms with Gasteiger partial charge in [0.2, 0.25) is 0 Å². The highest BCUT2D eigenvalue weighted by Gasteiger charge is 2.16. The van der Waals surface area contributed by atoms with Crippen molar-refractivity contribution in [3.8, 4) is 11.3 Å². The highest BCUT2D eigenvalue weighted by Crippen LogP contribution is 2.29. The lowest BCUT2D eigenvalue weighted by Gasteiger charge is -2.13. The smallest absolute Gasteiger partial charge is 0.256 e. The number of para-hydroxylation sites is 1. The van der Waals surface area contributed by atoms with Gasteiger partial charge in [-0.15, -0.1) is 0 Å². The lowest BCUT2D eigenvalue weighted by molar-refractivity contribution is 0.102. The topological polar surface area (TPSA) is 42.0 Å². The number of nitrogens with zero attached hydrogens (tertiary/aromatic N) is 1. The maximum atomic E-state index is 13.2. The Hall–Kier alpha value is -3.17. The first-order valence-electron chi connectivity index (χ1n) is 9.47. The molecule has 0 fully saturated rings. The quantitative estimate of drug-likeness (QED) is 0.414. The van der Waals surface area contributed by atoms with Crippen LogP contribution in [0.3, 0.4) is 0 Å². The Morgan fingerprint density at radius 2 is 1.69 bits per heavy atom. The third-order valence-electron chi connectivity index (χ3n) is 5.07. The van der Waals surface area contributed by atoms with Gasteiger partial charge in [0, 0.05) is 21.7 Å². The van der Waals surface area contributed by atoms with E-state index in [2.05, 4.69) is 37.4 Å². The number of carbonyl (C=O) groups excluding carboxylic acids is 1. The zero-order valence-corrected chi connectivity index (χ0v) is 17.3. The van der Waals surface area contributed by atoms with E-state index in [0.29, 0.717) is 16.3 Å². The van der Waals surface area contributed by atoms with E-state index in [1.807, 2.05) is 49.4 Å². The van der Waals surface area contributed by atoms with E-state index >= 15 is 0 Å². The van der Waals surface area contributed by atoms with Crippen molar-refractivity contribution < 1.29 is 4.79 Å². The van der Waals surface area contributed by atoms with Crippen molar-refractivity contribution in [3.05, 3.63) is 94.0 Å². The van der Waals surface area contributed by atoms with Gasteiger partial charge in [-0.3, -0.25) is 4.79 Å². The van der Waals surface area contributed by atoms with Crippen LogP contribution in [0.5, 0.6) is 0 Å². The highest BCUT2D eigenvalue weighted by atomic mass is 35.5. The summed E-state index contributed by atoms with van der Waals surface area (Å²) in [5, 5.41) is 4.41. The first-order valence-corrected chi connectivity index (χ1v) is 9.85. The minimum absolute atomic E-state index is 0.181. The molecule has 1 heterocycles. The number of hydrogen-bond acceptors (Lipinski definition) is 2. The third-order valence-corrected chi connectivity index (χ3v) is 5.30. The van der Waals surface area contributed by atoms with E-state index in [-0.39, 0.29) is 5.91 Å². The summed E-state index contributed by atoms with van der Waals surface area (Å²) in [7, 11) is 0. The second-order valence-electron chi connectivity index (χ2n) is 7.30. The van der Waals surface area contributed by atoms with Gasteiger partial charge in [0.05, 0.1) is 16.8 Å². The summed E-state index contributed by atoms with van der Waals surface area (Å²) < 4.78 is 0. The van der Waals surface area contributed by atoms with E-state index in [4.69, 9.17) is 16.6 Å². The molecule has 0 radical (unpaired) electrons. The Kier molecular flexibility index (Phi) is 5.08. The maximum absolute atomic E-state index is 13.2. The molecule has 3 nitrogen and oxygen atoms in total. The van der Waals surface area contributed by atoms with E-state index < -0.39 is 0 Å². The van der Waals surface area contributed by atoms with Crippen molar-refractivity contribution in [2.75, 3.05) is 5.32 Å². The number of amides is 1. The van der Waals surface area contributed by atoms with E-state index in [0.717, 1.165) is 33.3 Å². The second kappa shape index (κ2) is 7.69. The average Bonchev–Trinajstić information content (AvgIpc) is 2.70. The molecule has 4 rings (SSSR count). The molecule has 144 valence electrons. The molecule has 4 aromatic rings. The number of fused-ring (bicyclic) bond motifs is 1. The lowest BCUT2D eigenvalue weighted by Crippen LogP contribution is -2.14. The number of pyridine rings is 1. The Bertz CT molecular complexity index is 1250. The first kappa shape index (κ1) is 19.2. The van der Waals surface area contributed by atoms with Crippen LogP contribution in [0.2, 0.25) is 5.02 Å². The first-order chi connectivity index (χ1) is 13.9. The number of benzene rings is 3. The van der Waals surface area contributed by atoms with Crippen LogP contribution in [-0.2, 0) is 0 Å². The van der Waals surface area contributed by atoms with Crippen LogP contribution in [0, 0.1) is 20.8 Å². The fourth-order valence-electron chi connectivity index (χ4n) is 3.52. The largest absolute Gasteiger partial charge is 0.322 e. The zero-order chi connectivity index (χ0) is 20.5. The van der Waals surface area contributed by atoms with Crippen molar-refractivity contribution in [2.24, 2.45) is 0 Å². The fourth-order valence-corrected chi connectivity index (χ4v) is 3.69. The van der Waals surface area contributed by atoms with Gasteiger partial charge < -0.3 is 5.32 Å². The van der Waals surface area contributed by atoms with Crippen LogP contribution in [-0.4, -0.2) is 10.9 Å². The summed E-state index contributed by atoms with van der Waals surface area (Å²) >= 11 is 6.12. The van der Waals surface area contributed by atoms with E-state index in [1.165, 1.54) is 5.56 Å². The molecule has 0 saturated carbocycles. The number of anilines is 1. The molecule has 1 aromatic heterocycles.